The number of halogens is 4. The number of benzene rings is 6. The van der Waals surface area contributed by atoms with Crippen LogP contribution in [0.25, 0.3) is 90.4 Å². The Morgan fingerprint density at radius 1 is 0.573 bits per heavy atom. The molecule has 0 bridgehead atoms. The molecule has 0 saturated carbocycles. The molecule has 0 fully saturated rings. The first-order valence-corrected chi connectivity index (χ1v) is 33.8. The zero-order valence-electron chi connectivity index (χ0n) is 52.9. The van der Waals surface area contributed by atoms with Crippen molar-refractivity contribution in [3.05, 3.63) is 213 Å². The molecule has 10 aromatic rings. The van der Waals surface area contributed by atoms with Crippen molar-refractivity contribution in [2.24, 2.45) is 0 Å². The molecule has 12 rings (SSSR count). The summed E-state index contributed by atoms with van der Waals surface area (Å²) in [5.74, 6) is -3.64. The maximum Gasteiger partial charge on any atom is 0.306 e. The van der Waals surface area contributed by atoms with E-state index in [9.17, 15) is 58.7 Å². The van der Waals surface area contributed by atoms with E-state index in [0.717, 1.165) is 43.4 Å². The number of allylic oxidation sites excluding steroid dienone is 2. The van der Waals surface area contributed by atoms with E-state index in [-0.39, 0.29) is 88.7 Å². The summed E-state index contributed by atoms with van der Waals surface area (Å²) in [6.07, 6.45) is 6.71. The lowest BCUT2D eigenvalue weighted by Gasteiger charge is -2.21. The number of hydrogen-bond acceptors (Lipinski definition) is 13. The van der Waals surface area contributed by atoms with E-state index < -0.39 is 49.5 Å². The van der Waals surface area contributed by atoms with Gasteiger partial charge in [-0.3, -0.25) is 27.8 Å². The number of carboxylic acid groups (broad SMARTS) is 1. The second-order valence-electron chi connectivity index (χ2n) is 22.9. The van der Waals surface area contributed by atoms with Gasteiger partial charge in [-0.2, -0.15) is 0 Å². The highest BCUT2D eigenvalue weighted by Crippen LogP contribution is 2.45. The van der Waals surface area contributed by atoms with E-state index >= 15 is 0 Å². The maximum absolute atomic E-state index is 14.8. The fourth-order valence-corrected chi connectivity index (χ4v) is 12.8. The average Bonchev–Trinajstić information content (AvgIpc) is 1.53. The van der Waals surface area contributed by atoms with Crippen LogP contribution in [0, 0.1) is 23.3 Å². The summed E-state index contributed by atoms with van der Waals surface area (Å²) in [6.45, 7) is 1.98. The average molecular weight is 1340 g/mol. The number of aliphatic carboxylic acids is 1. The molecule has 0 unspecified atom stereocenters. The van der Waals surface area contributed by atoms with E-state index in [1.807, 2.05) is 18.2 Å². The number of amides is 2. The molecular weight excluding hydrogens is 1280 g/mol. The smallest absolute Gasteiger partial charge is 0.306 e. The summed E-state index contributed by atoms with van der Waals surface area (Å²) in [5, 5.41) is 15.4. The number of pyridine rings is 2. The number of furan rings is 2. The molecule has 0 saturated heterocycles. The molecule has 2 amide bonds. The molecule has 2 aliphatic carbocycles. The van der Waals surface area contributed by atoms with Crippen molar-refractivity contribution in [2.45, 2.75) is 45.4 Å². The van der Waals surface area contributed by atoms with Crippen LogP contribution in [0.5, 0.6) is 0 Å². The summed E-state index contributed by atoms with van der Waals surface area (Å²) in [5.41, 5.74) is 9.68. The third kappa shape index (κ3) is 13.5. The topological polar surface area (TPSA) is 249 Å². The minimum Gasteiger partial charge on any atom is -0.481 e. The summed E-state index contributed by atoms with van der Waals surface area (Å²) in [6, 6.07) is 33.8. The monoisotopic (exact) mass is 1340 g/mol. The van der Waals surface area contributed by atoms with Crippen molar-refractivity contribution >= 4 is 100 Å². The number of aromatic nitrogens is 2. The standard InChI is InChI=1S/C37H33F2N3O6S.C35H29F2N3O6S/c1-5-47-33(43)16-12-21-11-15-30(41-35(21)24-17-23-7-6-8-29(39)26(23)18-24)27-19-28-32(20-31(27)42(3)49(4,45)46)48-36(34(28)37(44)40-2)22-9-13-25(38)14-10-22;1-38-35(43)32-26-17-25(29(40(2)47(3,44)45)18-30(26)46-34(32)20-7-11-23(36)12-8-20)28-13-9-19(10-14-31(41)42)33(39-28)22-15-21-5-4-6-27(37)24(21)16-22/h6-11,13-15,18-20H,5,12,16-17H2,1-4H3,(H,40,44);4-9,11-13,16-18H,10,14-15H2,1-3H3,(H,38,43)(H,41,42). The van der Waals surface area contributed by atoms with Crippen molar-refractivity contribution < 1.29 is 72.3 Å². The van der Waals surface area contributed by atoms with Crippen LogP contribution in [0.4, 0.5) is 28.9 Å². The number of nitrogens with one attached hydrogen (secondary N) is 2. The normalized spacial score (nSPS) is 12.5. The van der Waals surface area contributed by atoms with Crippen molar-refractivity contribution in [1.29, 1.82) is 0 Å². The third-order valence-corrected chi connectivity index (χ3v) is 19.1. The summed E-state index contributed by atoms with van der Waals surface area (Å²) >= 11 is 0. The number of aryl methyl sites for hydroxylation is 2. The molecule has 96 heavy (non-hydrogen) atoms. The van der Waals surface area contributed by atoms with Gasteiger partial charge in [0.25, 0.3) is 11.8 Å². The van der Waals surface area contributed by atoms with Gasteiger partial charge < -0.3 is 29.3 Å². The minimum absolute atomic E-state index is 0.0984. The Balaban J connectivity index is 0.000000195. The molecule has 2 aliphatic rings. The second kappa shape index (κ2) is 26.9. The number of anilines is 2. The number of sulfonamides is 2. The molecular formula is C72H62F4N6O12S2. The lowest BCUT2D eigenvalue weighted by atomic mass is 9.97. The van der Waals surface area contributed by atoms with E-state index in [1.165, 1.54) is 101 Å². The fourth-order valence-electron chi connectivity index (χ4n) is 11.8. The van der Waals surface area contributed by atoms with Gasteiger partial charge in [0, 0.05) is 110 Å². The van der Waals surface area contributed by atoms with Gasteiger partial charge in [-0.1, -0.05) is 36.4 Å². The fraction of sp³-hybridized carbons (Fsp3) is 0.194. The molecule has 0 radical (unpaired) electrons. The molecule has 18 nitrogen and oxygen atoms in total. The Labute approximate surface area is 549 Å². The first-order valence-electron chi connectivity index (χ1n) is 30.1. The van der Waals surface area contributed by atoms with Crippen LogP contribution >= 0.6 is 0 Å². The summed E-state index contributed by atoms with van der Waals surface area (Å²) in [7, 11) is -1.89. The second-order valence-corrected chi connectivity index (χ2v) is 26.9. The van der Waals surface area contributed by atoms with Gasteiger partial charge in [-0.25, -0.2) is 44.4 Å². The zero-order chi connectivity index (χ0) is 68.7. The Morgan fingerprint density at radius 2 is 0.979 bits per heavy atom. The van der Waals surface area contributed by atoms with Crippen LogP contribution in [0.1, 0.15) is 85.2 Å². The number of rotatable bonds is 19. The van der Waals surface area contributed by atoms with Crippen molar-refractivity contribution in [1.82, 2.24) is 20.6 Å². The molecule has 24 heteroatoms. The minimum atomic E-state index is -3.80. The van der Waals surface area contributed by atoms with Crippen LogP contribution in [0.15, 0.2) is 142 Å². The predicted molar refractivity (Wildman–Crippen MR) is 360 cm³/mol. The van der Waals surface area contributed by atoms with Gasteiger partial charge in [0.1, 0.15) is 46.0 Å². The van der Waals surface area contributed by atoms with Gasteiger partial charge in [-0.05, 0) is 150 Å². The van der Waals surface area contributed by atoms with Crippen LogP contribution in [0.2, 0.25) is 0 Å². The third-order valence-electron chi connectivity index (χ3n) is 16.7. The number of esters is 1. The zero-order valence-corrected chi connectivity index (χ0v) is 54.5. The maximum atomic E-state index is 14.8. The molecule has 0 spiro atoms. The van der Waals surface area contributed by atoms with Crippen LogP contribution in [-0.4, -0.2) is 103 Å². The van der Waals surface area contributed by atoms with Crippen LogP contribution in [-0.2, 0) is 60.1 Å². The van der Waals surface area contributed by atoms with Crippen molar-refractivity contribution in [2.75, 3.05) is 55.9 Å². The quantitative estimate of drug-likeness (QED) is 0.0503. The Hall–Kier alpha value is -10.7. The van der Waals surface area contributed by atoms with Gasteiger partial charge >= 0.3 is 11.9 Å². The summed E-state index contributed by atoms with van der Waals surface area (Å²) in [4.78, 5) is 60.3. The van der Waals surface area contributed by atoms with Crippen molar-refractivity contribution in [3.63, 3.8) is 0 Å². The highest BCUT2D eigenvalue weighted by molar-refractivity contribution is 7.92. The number of carboxylic acids is 1. The van der Waals surface area contributed by atoms with Gasteiger partial charge in [0.2, 0.25) is 20.0 Å². The van der Waals surface area contributed by atoms with Gasteiger partial charge in [-0.15, -0.1) is 0 Å². The molecule has 0 aliphatic heterocycles. The SMILES string of the molecule is CCOC(=O)CCc1ccc(-c2cc3c(C(=O)NC)c(-c4ccc(F)cc4)oc3cc2N(C)S(C)(=O)=O)nc1C1=Cc2c(F)cccc2C1.CNC(=O)c1c(-c2ccc(F)cc2)oc2cc(N(C)S(C)(=O)=O)c(-c3ccc(CCC(=O)O)c(C4=Cc5c(F)cccc5C4)n3)cc12. The van der Waals surface area contributed by atoms with E-state index in [0.29, 0.717) is 97.3 Å². The van der Waals surface area contributed by atoms with Crippen LogP contribution < -0.4 is 19.2 Å². The Bertz CT molecular complexity index is 5130. The van der Waals surface area contributed by atoms with Gasteiger partial charge in [0.15, 0.2) is 0 Å². The first-order chi connectivity index (χ1) is 45.7. The summed E-state index contributed by atoms with van der Waals surface area (Å²) < 4.78 is 128. The van der Waals surface area contributed by atoms with Crippen LogP contribution in [0.3, 0.4) is 0 Å². The van der Waals surface area contributed by atoms with Gasteiger partial charge in [0.05, 0.1) is 64.4 Å². The highest BCUT2D eigenvalue weighted by atomic mass is 32.2. The molecule has 492 valence electrons. The molecule has 0 atom stereocenters. The molecule has 4 aromatic heterocycles. The molecule has 4 heterocycles. The molecule has 6 aromatic carbocycles. The molecule has 3 N–H and O–H groups in total. The van der Waals surface area contributed by atoms with E-state index in [2.05, 4.69) is 10.6 Å². The van der Waals surface area contributed by atoms with E-state index in [4.69, 9.17) is 23.5 Å². The van der Waals surface area contributed by atoms with E-state index in [1.54, 1.807) is 61.5 Å². The lowest BCUT2D eigenvalue weighted by molar-refractivity contribution is -0.143. The number of fused-ring (bicyclic) bond motifs is 4. The Kier molecular flexibility index (Phi) is 18.7. The number of hydrogen-bond donors (Lipinski definition) is 3. The number of ether oxygens (including phenoxy) is 1. The number of carbonyl (C=O) groups is 4. The predicted octanol–water partition coefficient (Wildman–Crippen LogP) is 13.1. The van der Waals surface area contributed by atoms with Crippen molar-refractivity contribution in [3.8, 4) is 45.2 Å². The largest absolute Gasteiger partial charge is 0.481 e. The first kappa shape index (κ1) is 66.7. The Morgan fingerprint density at radius 3 is 1.34 bits per heavy atom. The number of nitrogens with zero attached hydrogens (tertiary/aromatic N) is 4. The highest BCUT2D eigenvalue weighted by Gasteiger charge is 2.31. The lowest BCUT2D eigenvalue weighted by Crippen LogP contribution is -2.25. The number of carbonyl (C=O) groups excluding carboxylic acids is 3.